The Kier molecular flexibility index (Phi) is 9.66. The molecule has 0 aromatic heterocycles. The maximum absolute atomic E-state index is 11.9. The van der Waals surface area contributed by atoms with Crippen molar-refractivity contribution < 1.29 is 14.3 Å². The van der Waals surface area contributed by atoms with Gasteiger partial charge in [0.2, 0.25) is 0 Å². The fourth-order valence-corrected chi connectivity index (χ4v) is 3.32. The van der Waals surface area contributed by atoms with Crippen LogP contribution in [-0.2, 0) is 16.0 Å². The third-order valence-electron chi connectivity index (χ3n) is 5.01. The van der Waals surface area contributed by atoms with Gasteiger partial charge in [0.05, 0.1) is 19.1 Å². The number of ether oxygens (including phenoxy) is 2. The minimum absolute atomic E-state index is 0.0207. The first-order valence-electron chi connectivity index (χ1n) is 10.5. The monoisotopic (exact) mass is 389 g/mol. The summed E-state index contributed by atoms with van der Waals surface area (Å²) in [6.45, 7) is 7.72. The van der Waals surface area contributed by atoms with Crippen LogP contribution in [0.3, 0.4) is 0 Å². The van der Waals surface area contributed by atoms with Gasteiger partial charge < -0.3 is 19.7 Å². The number of aliphatic imine (C=N–C) groups is 1. The summed E-state index contributed by atoms with van der Waals surface area (Å²) in [6, 6.07) is 8.33. The van der Waals surface area contributed by atoms with Crippen LogP contribution in [-0.4, -0.2) is 56.7 Å². The second-order valence-electron chi connectivity index (χ2n) is 7.08. The van der Waals surface area contributed by atoms with Crippen molar-refractivity contribution in [2.75, 3.05) is 39.9 Å². The lowest BCUT2D eigenvalue weighted by molar-refractivity contribution is -0.149. The molecule has 0 unspecified atom stereocenters. The molecule has 0 bridgehead atoms. The highest BCUT2D eigenvalue weighted by atomic mass is 16.5. The number of piperidine rings is 1. The zero-order chi connectivity index (χ0) is 20.2. The predicted molar refractivity (Wildman–Crippen MR) is 113 cm³/mol. The molecule has 1 heterocycles. The lowest BCUT2D eigenvalue weighted by atomic mass is 9.97. The minimum Gasteiger partial charge on any atom is -0.494 e. The molecule has 1 aromatic carbocycles. The molecule has 1 aliphatic heterocycles. The van der Waals surface area contributed by atoms with Crippen molar-refractivity contribution in [3.63, 3.8) is 0 Å². The summed E-state index contributed by atoms with van der Waals surface area (Å²) < 4.78 is 10.8. The molecule has 0 saturated carbocycles. The van der Waals surface area contributed by atoms with Crippen LogP contribution in [0.4, 0.5) is 0 Å². The summed E-state index contributed by atoms with van der Waals surface area (Å²) in [5.74, 6) is 1.80. The maximum atomic E-state index is 11.9. The van der Waals surface area contributed by atoms with E-state index in [0.29, 0.717) is 6.61 Å². The van der Waals surface area contributed by atoms with E-state index in [0.717, 1.165) is 70.1 Å². The molecule has 1 aromatic rings. The van der Waals surface area contributed by atoms with Crippen molar-refractivity contribution >= 4 is 11.9 Å². The van der Waals surface area contributed by atoms with Crippen molar-refractivity contribution in [3.05, 3.63) is 29.8 Å². The number of unbranched alkanes of at least 4 members (excludes halogenated alkanes) is 1. The van der Waals surface area contributed by atoms with E-state index in [2.05, 4.69) is 34.3 Å². The Morgan fingerprint density at radius 2 is 1.93 bits per heavy atom. The largest absolute Gasteiger partial charge is 0.494 e. The average Bonchev–Trinajstić information content (AvgIpc) is 2.73. The Labute approximate surface area is 169 Å². The molecule has 1 fully saturated rings. The molecule has 0 spiro atoms. The average molecular weight is 390 g/mol. The Hall–Kier alpha value is -2.24. The molecule has 156 valence electrons. The summed E-state index contributed by atoms with van der Waals surface area (Å²) in [6.07, 6.45) is 4.79. The number of likely N-dealkylation sites (tertiary alicyclic amines) is 1. The highest BCUT2D eigenvalue weighted by Crippen LogP contribution is 2.19. The van der Waals surface area contributed by atoms with Crippen molar-refractivity contribution in [1.82, 2.24) is 10.2 Å². The molecule has 1 aliphatic rings. The van der Waals surface area contributed by atoms with E-state index in [1.807, 2.05) is 26.1 Å². The number of nitrogens with one attached hydrogen (secondary N) is 1. The van der Waals surface area contributed by atoms with Crippen LogP contribution in [0.2, 0.25) is 0 Å². The van der Waals surface area contributed by atoms with Gasteiger partial charge in [-0.3, -0.25) is 9.79 Å². The first-order chi connectivity index (χ1) is 13.7. The van der Waals surface area contributed by atoms with E-state index >= 15 is 0 Å². The number of nitrogens with zero attached hydrogens (tertiary/aromatic N) is 2. The first kappa shape index (κ1) is 22.1. The molecular formula is C22H35N3O3. The third-order valence-corrected chi connectivity index (χ3v) is 5.01. The molecule has 0 atom stereocenters. The van der Waals surface area contributed by atoms with E-state index < -0.39 is 0 Å². The van der Waals surface area contributed by atoms with Crippen LogP contribution in [0.25, 0.3) is 0 Å². The zero-order valence-electron chi connectivity index (χ0n) is 17.6. The zero-order valence-corrected chi connectivity index (χ0v) is 17.6. The maximum Gasteiger partial charge on any atom is 0.309 e. The molecule has 1 N–H and O–H groups in total. The Morgan fingerprint density at radius 3 is 2.54 bits per heavy atom. The molecule has 6 nitrogen and oxygen atoms in total. The number of guanidine groups is 1. The van der Waals surface area contributed by atoms with Gasteiger partial charge in [0.15, 0.2) is 5.96 Å². The number of hydrogen-bond acceptors (Lipinski definition) is 4. The predicted octanol–water partition coefficient (Wildman–Crippen LogP) is 3.26. The van der Waals surface area contributed by atoms with Crippen LogP contribution >= 0.6 is 0 Å². The highest BCUT2D eigenvalue weighted by molar-refractivity contribution is 5.80. The van der Waals surface area contributed by atoms with Gasteiger partial charge >= 0.3 is 5.97 Å². The number of carbonyl (C=O) groups excluding carboxylic acids is 1. The minimum atomic E-state index is -0.0628. The second-order valence-corrected chi connectivity index (χ2v) is 7.08. The molecule has 0 amide bonds. The fourth-order valence-electron chi connectivity index (χ4n) is 3.32. The van der Waals surface area contributed by atoms with Crippen LogP contribution < -0.4 is 10.1 Å². The van der Waals surface area contributed by atoms with Gasteiger partial charge in [-0.25, -0.2) is 0 Å². The summed E-state index contributed by atoms with van der Waals surface area (Å²) in [5, 5.41) is 3.44. The van der Waals surface area contributed by atoms with E-state index in [1.165, 1.54) is 5.56 Å². The fraction of sp³-hybridized carbons (Fsp3) is 0.636. The van der Waals surface area contributed by atoms with Gasteiger partial charge in [-0.15, -0.1) is 0 Å². The van der Waals surface area contributed by atoms with E-state index in [4.69, 9.17) is 9.47 Å². The lowest BCUT2D eigenvalue weighted by Crippen LogP contribution is -2.47. The number of hydrogen-bond donors (Lipinski definition) is 1. The van der Waals surface area contributed by atoms with Crippen LogP contribution in [0.5, 0.6) is 5.75 Å². The van der Waals surface area contributed by atoms with Crippen LogP contribution in [0.1, 0.15) is 45.1 Å². The van der Waals surface area contributed by atoms with Gasteiger partial charge in [0.1, 0.15) is 5.75 Å². The number of carbonyl (C=O) groups is 1. The van der Waals surface area contributed by atoms with Gasteiger partial charge in [0, 0.05) is 26.7 Å². The van der Waals surface area contributed by atoms with Crippen molar-refractivity contribution in [2.45, 2.75) is 46.0 Å². The normalized spacial score (nSPS) is 15.4. The molecular weight excluding hydrogens is 354 g/mol. The molecule has 1 saturated heterocycles. The summed E-state index contributed by atoms with van der Waals surface area (Å²) in [7, 11) is 1.81. The van der Waals surface area contributed by atoms with Crippen molar-refractivity contribution in [1.29, 1.82) is 0 Å². The summed E-state index contributed by atoms with van der Waals surface area (Å²) >= 11 is 0. The molecule has 0 radical (unpaired) electrons. The standard InChI is InChI=1S/C22H35N3O3/c1-4-6-17-28-20-9-7-18(8-10-20)11-14-24-22(23-3)25-15-12-19(13-16-25)21(26)27-5-2/h7-10,19H,4-6,11-17H2,1-3H3,(H,23,24). The third kappa shape index (κ3) is 7.06. The van der Waals surface area contributed by atoms with E-state index in [1.54, 1.807) is 0 Å². The molecule has 6 heteroatoms. The molecule has 28 heavy (non-hydrogen) atoms. The number of esters is 1. The summed E-state index contributed by atoms with van der Waals surface area (Å²) in [4.78, 5) is 18.5. The quantitative estimate of drug-likeness (QED) is 0.304. The van der Waals surface area contributed by atoms with Gasteiger partial charge in [-0.05, 0) is 50.3 Å². The lowest BCUT2D eigenvalue weighted by Gasteiger charge is -2.33. The van der Waals surface area contributed by atoms with Gasteiger partial charge in [-0.2, -0.15) is 0 Å². The van der Waals surface area contributed by atoms with Crippen molar-refractivity contribution in [2.24, 2.45) is 10.9 Å². The highest BCUT2D eigenvalue weighted by Gasteiger charge is 2.27. The Bertz CT molecular complexity index is 608. The molecule has 2 rings (SSSR count). The first-order valence-corrected chi connectivity index (χ1v) is 10.5. The van der Waals surface area contributed by atoms with Crippen molar-refractivity contribution in [3.8, 4) is 5.75 Å². The molecule has 0 aliphatic carbocycles. The second kappa shape index (κ2) is 12.3. The van der Waals surface area contributed by atoms with E-state index in [-0.39, 0.29) is 11.9 Å². The topological polar surface area (TPSA) is 63.2 Å². The van der Waals surface area contributed by atoms with E-state index in [9.17, 15) is 4.79 Å². The Balaban J connectivity index is 1.72. The number of rotatable bonds is 9. The van der Waals surface area contributed by atoms with Crippen LogP contribution in [0.15, 0.2) is 29.3 Å². The number of benzene rings is 1. The SMILES string of the molecule is CCCCOc1ccc(CCNC(=NC)N2CCC(C(=O)OCC)CC2)cc1. The summed E-state index contributed by atoms with van der Waals surface area (Å²) in [5.41, 5.74) is 1.27. The van der Waals surface area contributed by atoms with Crippen LogP contribution in [0, 0.1) is 5.92 Å². The van der Waals surface area contributed by atoms with Gasteiger partial charge in [0.25, 0.3) is 0 Å². The smallest absolute Gasteiger partial charge is 0.309 e. The Morgan fingerprint density at radius 1 is 1.21 bits per heavy atom. The van der Waals surface area contributed by atoms with Gasteiger partial charge in [-0.1, -0.05) is 25.5 Å².